The van der Waals surface area contributed by atoms with Gasteiger partial charge in [-0.15, -0.1) is 0 Å². The predicted molar refractivity (Wildman–Crippen MR) is 193 cm³/mol. The minimum atomic E-state index is -4.27. The van der Waals surface area contributed by atoms with Gasteiger partial charge in [0.1, 0.15) is 6.61 Å². The van der Waals surface area contributed by atoms with Crippen LogP contribution in [0.5, 0.6) is 0 Å². The number of unbranched alkanes of at least 4 members (excludes halogenated alkanes) is 22. The van der Waals surface area contributed by atoms with E-state index in [1.165, 1.54) is 103 Å². The van der Waals surface area contributed by atoms with Crippen LogP contribution in [-0.4, -0.2) is 42.8 Å². The van der Waals surface area contributed by atoms with Gasteiger partial charge in [0.2, 0.25) is 0 Å². The highest BCUT2D eigenvalue weighted by molar-refractivity contribution is 7.47. The van der Waals surface area contributed by atoms with Gasteiger partial charge < -0.3 is 14.4 Å². The maximum Gasteiger partial charge on any atom is 0.472 e. The van der Waals surface area contributed by atoms with E-state index in [0.717, 1.165) is 51.4 Å². The van der Waals surface area contributed by atoms with E-state index in [1.807, 2.05) is 0 Å². The van der Waals surface area contributed by atoms with Crippen LogP contribution in [0.2, 0.25) is 0 Å². The molecule has 0 aromatic heterocycles. The lowest BCUT2D eigenvalue weighted by Crippen LogP contribution is -2.29. The first-order valence-corrected chi connectivity index (χ1v) is 21.0. The van der Waals surface area contributed by atoms with Crippen LogP contribution in [0.15, 0.2) is 12.2 Å². The summed E-state index contributed by atoms with van der Waals surface area (Å²) < 4.78 is 32.5. The van der Waals surface area contributed by atoms with Crippen LogP contribution in [0.1, 0.15) is 194 Å². The lowest BCUT2D eigenvalue weighted by Gasteiger charge is -2.19. The van der Waals surface area contributed by atoms with E-state index < -0.39 is 26.5 Å². The fraction of sp³-hybridized carbons (Fsp3) is 0.895. The molecule has 0 spiro atoms. The average Bonchev–Trinajstić information content (AvgIpc) is 3.04. The maximum atomic E-state index is 12.5. The van der Waals surface area contributed by atoms with Gasteiger partial charge in [0.15, 0.2) is 6.10 Å². The van der Waals surface area contributed by atoms with Gasteiger partial charge in [0.25, 0.3) is 0 Å². The van der Waals surface area contributed by atoms with Crippen molar-refractivity contribution in [1.82, 2.24) is 0 Å². The molecule has 278 valence electrons. The Bertz CT molecular complexity index is 788. The van der Waals surface area contributed by atoms with E-state index in [4.69, 9.17) is 18.5 Å². The molecular formula is C38H73O8P. The third-order valence-electron chi connectivity index (χ3n) is 8.32. The van der Waals surface area contributed by atoms with Crippen molar-refractivity contribution >= 4 is 19.8 Å². The summed E-state index contributed by atoms with van der Waals surface area (Å²) in [4.78, 5) is 34.6. The van der Waals surface area contributed by atoms with Crippen molar-refractivity contribution in [3.63, 3.8) is 0 Å². The van der Waals surface area contributed by atoms with Gasteiger partial charge in [0.05, 0.1) is 13.2 Å². The lowest BCUT2D eigenvalue weighted by molar-refractivity contribution is -0.161. The Hall–Kier alpha value is -1.21. The molecule has 8 nitrogen and oxygen atoms in total. The molecule has 2 atom stereocenters. The molecule has 9 heteroatoms. The van der Waals surface area contributed by atoms with E-state index in [1.54, 1.807) is 6.92 Å². The van der Waals surface area contributed by atoms with Gasteiger partial charge >= 0.3 is 19.8 Å². The summed E-state index contributed by atoms with van der Waals surface area (Å²) in [7, 11) is -4.27. The fourth-order valence-corrected chi connectivity index (χ4v) is 6.20. The van der Waals surface area contributed by atoms with E-state index in [2.05, 4.69) is 26.0 Å². The summed E-state index contributed by atoms with van der Waals surface area (Å²) in [6, 6.07) is 0. The molecule has 2 unspecified atom stereocenters. The molecule has 0 saturated carbocycles. The fourth-order valence-electron chi connectivity index (χ4n) is 5.45. The molecule has 47 heavy (non-hydrogen) atoms. The number of esters is 2. The first-order valence-electron chi connectivity index (χ1n) is 19.5. The van der Waals surface area contributed by atoms with Crippen molar-refractivity contribution in [2.24, 2.45) is 0 Å². The molecule has 0 radical (unpaired) electrons. The number of rotatable bonds is 36. The topological polar surface area (TPSA) is 108 Å². The summed E-state index contributed by atoms with van der Waals surface area (Å²) in [6.07, 6.45) is 34.0. The third-order valence-corrected chi connectivity index (χ3v) is 9.38. The van der Waals surface area contributed by atoms with E-state index in [0.29, 0.717) is 12.8 Å². The molecule has 0 aromatic rings. The molecule has 0 aliphatic carbocycles. The summed E-state index contributed by atoms with van der Waals surface area (Å²) >= 11 is 0. The zero-order valence-electron chi connectivity index (χ0n) is 30.7. The first kappa shape index (κ1) is 45.8. The van der Waals surface area contributed by atoms with Crippen LogP contribution >= 0.6 is 7.82 Å². The van der Waals surface area contributed by atoms with Crippen molar-refractivity contribution < 1.29 is 37.6 Å². The summed E-state index contributed by atoms with van der Waals surface area (Å²) in [5.74, 6) is -0.801. The van der Waals surface area contributed by atoms with Crippen LogP contribution in [0.25, 0.3) is 0 Å². The largest absolute Gasteiger partial charge is 0.472 e. The minimum absolute atomic E-state index is 0.00174. The monoisotopic (exact) mass is 689 g/mol. The standard InChI is InChI=1S/C38H73O8P/c1-4-7-9-11-13-15-17-19-21-23-25-27-29-31-33-38(40)46-36(35-45-47(41,42)44-6-3)34-43-37(39)32-30-28-26-24-22-20-18-16-14-12-10-8-5-2/h17,19,36H,4-16,18,20-35H2,1-3H3,(H,41,42)/b19-17-. The maximum absolute atomic E-state index is 12.5. The molecule has 0 amide bonds. The molecule has 0 fully saturated rings. The van der Waals surface area contributed by atoms with Crippen molar-refractivity contribution in [2.75, 3.05) is 19.8 Å². The highest BCUT2D eigenvalue weighted by Gasteiger charge is 2.25. The molecule has 0 saturated heterocycles. The van der Waals surface area contributed by atoms with E-state index in [9.17, 15) is 19.0 Å². The predicted octanol–water partition coefficient (Wildman–Crippen LogP) is 11.7. The van der Waals surface area contributed by atoms with Gasteiger partial charge in [-0.1, -0.05) is 148 Å². The summed E-state index contributed by atoms with van der Waals surface area (Å²) in [5, 5.41) is 0. The molecule has 0 aliphatic heterocycles. The molecule has 0 aliphatic rings. The summed E-state index contributed by atoms with van der Waals surface area (Å²) in [6.45, 7) is 5.46. The number of phosphoric ester groups is 1. The number of hydrogen-bond donors (Lipinski definition) is 1. The zero-order chi connectivity index (χ0) is 34.7. The molecule has 0 bridgehead atoms. The van der Waals surface area contributed by atoms with Crippen LogP contribution in [0, 0.1) is 0 Å². The van der Waals surface area contributed by atoms with Gasteiger partial charge in [-0.05, 0) is 45.4 Å². The van der Waals surface area contributed by atoms with Gasteiger partial charge in [-0.3, -0.25) is 18.6 Å². The average molecular weight is 689 g/mol. The second-order valence-corrected chi connectivity index (χ2v) is 14.4. The third kappa shape index (κ3) is 34.5. The molecular weight excluding hydrogens is 615 g/mol. The van der Waals surface area contributed by atoms with Gasteiger partial charge in [-0.25, -0.2) is 4.57 Å². The number of phosphoric acid groups is 1. The second kappa shape index (κ2) is 34.6. The van der Waals surface area contributed by atoms with Crippen LogP contribution < -0.4 is 0 Å². The number of ether oxygens (including phenoxy) is 2. The number of carbonyl (C=O) groups excluding carboxylic acids is 2. The van der Waals surface area contributed by atoms with Crippen molar-refractivity contribution in [3.05, 3.63) is 12.2 Å². The Morgan fingerprint density at radius 1 is 0.553 bits per heavy atom. The Morgan fingerprint density at radius 3 is 1.40 bits per heavy atom. The van der Waals surface area contributed by atoms with Crippen LogP contribution in [-0.2, 0) is 32.7 Å². The van der Waals surface area contributed by atoms with Crippen LogP contribution in [0.4, 0.5) is 0 Å². The van der Waals surface area contributed by atoms with Gasteiger partial charge in [0, 0.05) is 12.8 Å². The smallest absolute Gasteiger partial charge is 0.462 e. The number of carbonyl (C=O) groups is 2. The zero-order valence-corrected chi connectivity index (χ0v) is 31.6. The van der Waals surface area contributed by atoms with Crippen molar-refractivity contribution in [2.45, 2.75) is 200 Å². The number of allylic oxidation sites excluding steroid dienone is 2. The molecule has 0 rings (SSSR count). The lowest BCUT2D eigenvalue weighted by atomic mass is 10.0. The Balaban J connectivity index is 4.14. The molecule has 1 N–H and O–H groups in total. The van der Waals surface area contributed by atoms with Crippen molar-refractivity contribution in [3.8, 4) is 0 Å². The minimum Gasteiger partial charge on any atom is -0.462 e. The Morgan fingerprint density at radius 2 is 0.957 bits per heavy atom. The van der Waals surface area contributed by atoms with Crippen LogP contribution in [0.3, 0.4) is 0 Å². The molecule has 0 aromatic carbocycles. The van der Waals surface area contributed by atoms with Crippen molar-refractivity contribution in [1.29, 1.82) is 0 Å². The van der Waals surface area contributed by atoms with Gasteiger partial charge in [-0.2, -0.15) is 0 Å². The Labute approximate surface area is 289 Å². The number of hydrogen-bond acceptors (Lipinski definition) is 7. The second-order valence-electron chi connectivity index (χ2n) is 13.0. The SMILES string of the molecule is CCCCCCC/C=C\CCCCCCCC(=O)OC(COC(=O)CCCCCCCCCCCCCCC)COP(=O)(O)OCC. The Kier molecular flexibility index (Phi) is 33.8. The highest BCUT2D eigenvalue weighted by Crippen LogP contribution is 2.43. The van der Waals surface area contributed by atoms with E-state index in [-0.39, 0.29) is 25.6 Å². The normalized spacial score (nSPS) is 13.5. The van der Waals surface area contributed by atoms with E-state index >= 15 is 0 Å². The highest BCUT2D eigenvalue weighted by atomic mass is 31.2. The quantitative estimate of drug-likeness (QED) is 0.0300. The summed E-state index contributed by atoms with van der Waals surface area (Å²) in [5.41, 5.74) is 0. The first-order chi connectivity index (χ1) is 22.8. The molecule has 0 heterocycles.